The lowest BCUT2D eigenvalue weighted by Gasteiger charge is -2.66. The van der Waals surface area contributed by atoms with Gasteiger partial charge in [-0.15, -0.1) is 0 Å². The predicted molar refractivity (Wildman–Crippen MR) is 95.2 cm³/mol. The first-order valence-corrected chi connectivity index (χ1v) is 9.65. The summed E-state index contributed by atoms with van der Waals surface area (Å²) in [6.07, 6.45) is -0.139. The zero-order valence-corrected chi connectivity index (χ0v) is 16.4. The van der Waals surface area contributed by atoms with Gasteiger partial charge in [-0.3, -0.25) is 9.59 Å². The van der Waals surface area contributed by atoms with Crippen molar-refractivity contribution in [3.05, 3.63) is 35.9 Å². The highest BCUT2D eigenvalue weighted by Crippen LogP contribution is 2.82. The van der Waals surface area contributed by atoms with Gasteiger partial charge in [0.25, 0.3) is 0 Å². The maximum absolute atomic E-state index is 12.6. The van der Waals surface area contributed by atoms with Gasteiger partial charge in [0, 0.05) is 32.6 Å². The molecule has 154 valence electrons. The van der Waals surface area contributed by atoms with Crippen LogP contribution >= 0.6 is 0 Å². The van der Waals surface area contributed by atoms with Gasteiger partial charge >= 0.3 is 17.9 Å². The molecule has 3 aliphatic heterocycles. The standard InChI is InChI=1S/C21H22O8/c1-12(22)26-20-10-18(3)21(27-13(2)23)9-15(20)19(21,17(28-18)29-20)11-25-16(24)14-7-5-4-6-8-14/h4-8,15,17H,9-11H2,1-3H3. The van der Waals surface area contributed by atoms with Crippen LogP contribution in [-0.4, -0.2) is 47.8 Å². The van der Waals surface area contributed by atoms with E-state index in [-0.39, 0.29) is 18.9 Å². The summed E-state index contributed by atoms with van der Waals surface area (Å²) in [4.78, 5) is 36.3. The van der Waals surface area contributed by atoms with Gasteiger partial charge in [0.15, 0.2) is 11.9 Å². The molecule has 6 fully saturated rings. The van der Waals surface area contributed by atoms with Crippen LogP contribution in [0.1, 0.15) is 44.0 Å². The summed E-state index contributed by atoms with van der Waals surface area (Å²) in [5.74, 6) is -2.86. The molecule has 3 heterocycles. The van der Waals surface area contributed by atoms with E-state index in [2.05, 4.69) is 0 Å². The Morgan fingerprint density at radius 1 is 1.07 bits per heavy atom. The van der Waals surface area contributed by atoms with Crippen molar-refractivity contribution in [3.8, 4) is 0 Å². The quantitative estimate of drug-likeness (QED) is 0.545. The second-order valence-electron chi connectivity index (χ2n) is 8.54. The molecule has 3 aliphatic carbocycles. The molecule has 0 amide bonds. The Morgan fingerprint density at radius 2 is 1.76 bits per heavy atom. The topological polar surface area (TPSA) is 97.4 Å². The Labute approximate surface area is 167 Å². The number of ether oxygens (including phenoxy) is 5. The van der Waals surface area contributed by atoms with E-state index in [1.807, 2.05) is 13.0 Å². The summed E-state index contributed by atoms with van der Waals surface area (Å²) in [7, 11) is 0. The molecule has 0 radical (unpaired) electrons. The molecule has 6 aliphatic rings. The van der Waals surface area contributed by atoms with Crippen LogP contribution in [0.25, 0.3) is 0 Å². The van der Waals surface area contributed by atoms with Crippen molar-refractivity contribution in [1.29, 1.82) is 0 Å². The minimum atomic E-state index is -1.16. The van der Waals surface area contributed by atoms with Gasteiger partial charge in [-0.25, -0.2) is 4.79 Å². The van der Waals surface area contributed by atoms with Crippen molar-refractivity contribution < 1.29 is 38.1 Å². The summed E-state index contributed by atoms with van der Waals surface area (Å²) < 4.78 is 29.4. The van der Waals surface area contributed by atoms with Crippen LogP contribution in [0.15, 0.2) is 30.3 Å². The lowest BCUT2D eigenvalue weighted by molar-refractivity contribution is -0.385. The Kier molecular flexibility index (Phi) is 3.57. The van der Waals surface area contributed by atoms with E-state index in [1.165, 1.54) is 13.8 Å². The fourth-order valence-corrected chi connectivity index (χ4v) is 6.06. The van der Waals surface area contributed by atoms with Crippen LogP contribution in [0.4, 0.5) is 0 Å². The van der Waals surface area contributed by atoms with Gasteiger partial charge in [-0.1, -0.05) is 18.2 Å². The maximum Gasteiger partial charge on any atom is 0.338 e. The maximum atomic E-state index is 12.6. The highest BCUT2D eigenvalue weighted by atomic mass is 16.8. The minimum Gasteiger partial charge on any atom is -0.461 e. The smallest absolute Gasteiger partial charge is 0.338 e. The van der Waals surface area contributed by atoms with E-state index in [9.17, 15) is 14.4 Å². The molecule has 1 aromatic rings. The van der Waals surface area contributed by atoms with Crippen molar-refractivity contribution in [2.24, 2.45) is 11.3 Å². The van der Waals surface area contributed by atoms with Crippen LogP contribution in [0.3, 0.4) is 0 Å². The predicted octanol–water partition coefficient (Wildman–Crippen LogP) is 1.96. The van der Waals surface area contributed by atoms with Crippen molar-refractivity contribution in [1.82, 2.24) is 0 Å². The van der Waals surface area contributed by atoms with Gasteiger partial charge in [0.1, 0.15) is 17.6 Å². The molecule has 0 N–H and O–H groups in total. The van der Waals surface area contributed by atoms with Crippen LogP contribution in [0, 0.1) is 11.3 Å². The number of carbonyl (C=O) groups excluding carboxylic acids is 3. The third-order valence-corrected chi connectivity index (χ3v) is 7.01. The average molecular weight is 402 g/mol. The molecule has 29 heavy (non-hydrogen) atoms. The van der Waals surface area contributed by atoms with Crippen LogP contribution in [-0.2, 0) is 33.3 Å². The Balaban J connectivity index is 1.51. The molecule has 6 bridgehead atoms. The summed E-state index contributed by atoms with van der Waals surface area (Å²) in [6.45, 7) is 4.44. The third kappa shape index (κ3) is 2.08. The van der Waals surface area contributed by atoms with Crippen LogP contribution < -0.4 is 0 Å². The third-order valence-electron chi connectivity index (χ3n) is 7.01. The number of hydrogen-bond acceptors (Lipinski definition) is 8. The van der Waals surface area contributed by atoms with E-state index in [0.717, 1.165) is 0 Å². The van der Waals surface area contributed by atoms with Crippen molar-refractivity contribution in [2.45, 2.75) is 56.9 Å². The highest BCUT2D eigenvalue weighted by Gasteiger charge is 2.96. The van der Waals surface area contributed by atoms with E-state index < -0.39 is 46.6 Å². The van der Waals surface area contributed by atoms with Crippen molar-refractivity contribution >= 4 is 17.9 Å². The zero-order chi connectivity index (χ0) is 20.7. The summed E-state index contributed by atoms with van der Waals surface area (Å²) >= 11 is 0. The fraction of sp³-hybridized carbons (Fsp3) is 0.571. The summed E-state index contributed by atoms with van der Waals surface area (Å²) in [5.41, 5.74) is -2.42. The summed E-state index contributed by atoms with van der Waals surface area (Å²) in [5, 5.41) is 0. The minimum absolute atomic E-state index is 0.0675. The van der Waals surface area contributed by atoms with E-state index in [1.54, 1.807) is 24.3 Å². The lowest BCUT2D eigenvalue weighted by Crippen LogP contribution is -2.80. The fourth-order valence-electron chi connectivity index (χ4n) is 6.06. The Bertz CT molecular complexity index is 915. The molecule has 7 rings (SSSR count). The van der Waals surface area contributed by atoms with Gasteiger partial charge in [0.05, 0.1) is 5.56 Å². The largest absolute Gasteiger partial charge is 0.461 e. The molecule has 0 aromatic heterocycles. The second-order valence-corrected chi connectivity index (χ2v) is 8.54. The second kappa shape index (κ2) is 5.58. The number of rotatable bonds is 5. The Morgan fingerprint density at radius 3 is 2.41 bits per heavy atom. The first kappa shape index (κ1) is 18.6. The molecular formula is C21H22O8. The average Bonchev–Trinajstić information content (AvgIpc) is 2.83. The molecule has 3 saturated heterocycles. The normalized spacial score (nSPS) is 42.9. The molecule has 0 spiro atoms. The Hall–Kier alpha value is -2.45. The van der Waals surface area contributed by atoms with Gasteiger partial charge in [-0.05, 0) is 19.1 Å². The molecule has 8 heteroatoms. The highest BCUT2D eigenvalue weighted by molar-refractivity contribution is 5.89. The SMILES string of the molecule is CC(=O)OC12CC3(C)OC(O1)C1(COC(=O)c4ccccc4)C2CC31OC(C)=O. The molecule has 6 atom stereocenters. The van der Waals surface area contributed by atoms with E-state index in [0.29, 0.717) is 12.0 Å². The van der Waals surface area contributed by atoms with Crippen molar-refractivity contribution in [2.75, 3.05) is 6.61 Å². The van der Waals surface area contributed by atoms with Crippen molar-refractivity contribution in [3.63, 3.8) is 0 Å². The van der Waals surface area contributed by atoms with Gasteiger partial charge < -0.3 is 23.7 Å². The van der Waals surface area contributed by atoms with E-state index >= 15 is 0 Å². The van der Waals surface area contributed by atoms with Gasteiger partial charge in [-0.2, -0.15) is 0 Å². The summed E-state index contributed by atoms with van der Waals surface area (Å²) in [6, 6.07) is 8.63. The van der Waals surface area contributed by atoms with E-state index in [4.69, 9.17) is 23.7 Å². The number of carbonyl (C=O) groups is 3. The number of esters is 3. The zero-order valence-electron chi connectivity index (χ0n) is 16.4. The number of hydrogen-bond donors (Lipinski definition) is 0. The van der Waals surface area contributed by atoms with Gasteiger partial charge in [0.2, 0.25) is 5.79 Å². The first-order valence-electron chi connectivity index (χ1n) is 9.65. The monoisotopic (exact) mass is 402 g/mol. The molecule has 1 aromatic carbocycles. The molecular weight excluding hydrogens is 380 g/mol. The van der Waals surface area contributed by atoms with Crippen LogP contribution in [0.5, 0.6) is 0 Å². The number of benzene rings is 1. The first-order chi connectivity index (χ1) is 13.7. The lowest BCUT2D eigenvalue weighted by atomic mass is 9.41. The molecule has 6 unspecified atom stereocenters. The molecule has 8 nitrogen and oxygen atoms in total. The van der Waals surface area contributed by atoms with Crippen LogP contribution in [0.2, 0.25) is 0 Å². The molecule has 3 saturated carbocycles.